The first kappa shape index (κ1) is 29.6. The van der Waals surface area contributed by atoms with Crippen LogP contribution in [0.25, 0.3) is 16.9 Å². The number of anilines is 1. The molecule has 0 spiro atoms. The quantitative estimate of drug-likeness (QED) is 0.285. The zero-order valence-corrected chi connectivity index (χ0v) is 25.7. The third kappa shape index (κ3) is 5.72. The Hall–Kier alpha value is -4.48. The summed E-state index contributed by atoms with van der Waals surface area (Å²) in [7, 11) is 4.82. The van der Waals surface area contributed by atoms with Crippen molar-refractivity contribution >= 4 is 29.4 Å². The molecule has 0 saturated carbocycles. The number of benzene rings is 3. The Bertz CT molecular complexity index is 1640. The minimum atomic E-state index is -0.306. The number of morpholine rings is 1. The van der Waals surface area contributed by atoms with Gasteiger partial charge in [-0.2, -0.15) is 5.10 Å². The monoisotopic (exact) mass is 614 g/mol. The molecule has 2 aliphatic heterocycles. The first-order valence-corrected chi connectivity index (χ1v) is 15.4. The fraction of sp³-hybridized carbons (Fsp3) is 0.303. The average Bonchev–Trinajstić information content (AvgIpc) is 3.41. The van der Waals surface area contributed by atoms with Crippen LogP contribution in [-0.4, -0.2) is 86.4 Å². The van der Waals surface area contributed by atoms with Gasteiger partial charge in [-0.05, 0) is 42.0 Å². The summed E-state index contributed by atoms with van der Waals surface area (Å²) in [6.07, 6.45) is 0. The molecule has 0 N–H and O–H groups in total. The molecule has 11 heteroatoms. The first-order chi connectivity index (χ1) is 21.5. The zero-order valence-electron chi connectivity index (χ0n) is 24.9. The topological polar surface area (TPSA) is 95.4 Å². The molecule has 2 aliphatic rings. The largest absolute Gasteiger partial charge is 0.497 e. The highest BCUT2D eigenvalue weighted by molar-refractivity contribution is 8.00. The highest BCUT2D eigenvalue weighted by Crippen LogP contribution is 2.49. The Morgan fingerprint density at radius 2 is 1.66 bits per heavy atom. The van der Waals surface area contributed by atoms with Crippen molar-refractivity contribution in [2.75, 3.05) is 64.8 Å². The molecular formula is C33H34N4O6S. The highest BCUT2D eigenvalue weighted by Gasteiger charge is 2.38. The van der Waals surface area contributed by atoms with Gasteiger partial charge in [0.1, 0.15) is 18.1 Å². The molecule has 1 aromatic heterocycles. The summed E-state index contributed by atoms with van der Waals surface area (Å²) in [6.45, 7) is 1.82. The third-order valence-corrected chi connectivity index (χ3v) is 9.08. The van der Waals surface area contributed by atoms with Crippen molar-refractivity contribution in [2.24, 2.45) is 0 Å². The van der Waals surface area contributed by atoms with Crippen molar-refractivity contribution in [1.82, 2.24) is 14.7 Å². The SMILES string of the molecule is COc1ccc(-n2nc(-c3ccccc3)c3c2N(CC(=O)N2CCOCC2)C(=O)CS[C@@H]3c2ccc(OC)c(OC)c2)cc1. The molecule has 3 aromatic carbocycles. The van der Waals surface area contributed by atoms with Gasteiger partial charge in [0.2, 0.25) is 11.8 Å². The standard InChI is InChI=1S/C33H34N4O6S/c1-40-25-12-10-24(11-13-25)37-33-30(31(34-37)22-7-5-4-6-8-22)32(23-9-14-26(41-2)27(19-23)42-3)44-21-29(39)36(33)20-28(38)35-15-17-43-18-16-35/h4-14,19,32H,15-18,20-21H2,1-3H3/t32-/m1/s1. The normalized spacial score (nSPS) is 16.7. The van der Waals surface area contributed by atoms with E-state index in [4.69, 9.17) is 24.0 Å². The molecule has 2 amide bonds. The van der Waals surface area contributed by atoms with Crippen LogP contribution in [0.15, 0.2) is 72.8 Å². The number of aromatic nitrogens is 2. The number of ether oxygens (including phenoxy) is 4. The predicted molar refractivity (Wildman–Crippen MR) is 169 cm³/mol. The van der Waals surface area contributed by atoms with Crippen LogP contribution >= 0.6 is 11.8 Å². The molecule has 6 rings (SSSR count). The lowest BCUT2D eigenvalue weighted by atomic mass is 9.99. The second-order valence-electron chi connectivity index (χ2n) is 10.3. The lowest BCUT2D eigenvalue weighted by Crippen LogP contribution is -2.48. The van der Waals surface area contributed by atoms with Crippen molar-refractivity contribution in [2.45, 2.75) is 5.25 Å². The van der Waals surface area contributed by atoms with Crippen LogP contribution in [0.4, 0.5) is 5.82 Å². The van der Waals surface area contributed by atoms with E-state index < -0.39 is 0 Å². The van der Waals surface area contributed by atoms with Gasteiger partial charge in [0, 0.05) is 24.2 Å². The maximum absolute atomic E-state index is 14.0. The molecular weight excluding hydrogens is 580 g/mol. The lowest BCUT2D eigenvalue weighted by Gasteiger charge is -2.30. The highest BCUT2D eigenvalue weighted by atomic mass is 32.2. The molecule has 1 atom stereocenters. The summed E-state index contributed by atoms with van der Waals surface area (Å²) in [5, 5.41) is 4.85. The Balaban J connectivity index is 1.58. The molecule has 3 heterocycles. The van der Waals surface area contributed by atoms with Gasteiger partial charge in [-0.3, -0.25) is 14.5 Å². The predicted octanol–water partition coefficient (Wildman–Crippen LogP) is 4.59. The van der Waals surface area contributed by atoms with E-state index in [1.807, 2.05) is 72.8 Å². The van der Waals surface area contributed by atoms with Gasteiger partial charge in [0.05, 0.1) is 56.9 Å². The Kier molecular flexibility index (Phi) is 8.76. The number of hydrogen-bond acceptors (Lipinski definition) is 8. The molecule has 1 fully saturated rings. The minimum Gasteiger partial charge on any atom is -0.497 e. The van der Waals surface area contributed by atoms with E-state index in [-0.39, 0.29) is 29.4 Å². The number of nitrogens with zero attached hydrogens (tertiary/aromatic N) is 4. The number of carbonyl (C=O) groups excluding carboxylic acids is 2. The number of thioether (sulfide) groups is 1. The van der Waals surface area contributed by atoms with Crippen LogP contribution in [-0.2, 0) is 14.3 Å². The summed E-state index contributed by atoms with van der Waals surface area (Å²) >= 11 is 1.50. The van der Waals surface area contributed by atoms with Gasteiger partial charge in [-0.25, -0.2) is 4.68 Å². The molecule has 0 unspecified atom stereocenters. The van der Waals surface area contributed by atoms with Crippen molar-refractivity contribution in [3.05, 3.63) is 83.9 Å². The van der Waals surface area contributed by atoms with Crippen molar-refractivity contribution in [1.29, 1.82) is 0 Å². The summed E-state index contributed by atoms with van der Waals surface area (Å²) in [4.78, 5) is 31.0. The fourth-order valence-electron chi connectivity index (χ4n) is 5.56. The first-order valence-electron chi connectivity index (χ1n) is 14.3. The minimum absolute atomic E-state index is 0.110. The zero-order chi connectivity index (χ0) is 30.6. The molecule has 4 aromatic rings. The Morgan fingerprint density at radius 3 is 2.34 bits per heavy atom. The number of carbonyl (C=O) groups is 2. The van der Waals surface area contributed by atoms with E-state index in [0.29, 0.717) is 49.4 Å². The number of rotatable bonds is 8. The molecule has 0 bridgehead atoms. The summed E-state index contributed by atoms with van der Waals surface area (Å²) < 4.78 is 23.8. The van der Waals surface area contributed by atoms with Crippen LogP contribution in [0.5, 0.6) is 17.2 Å². The van der Waals surface area contributed by atoms with Gasteiger partial charge in [0.15, 0.2) is 11.5 Å². The number of amides is 2. The number of methoxy groups -OCH3 is 3. The molecule has 10 nitrogen and oxygen atoms in total. The molecule has 1 saturated heterocycles. The van der Waals surface area contributed by atoms with E-state index in [9.17, 15) is 9.59 Å². The summed E-state index contributed by atoms with van der Waals surface area (Å²) in [5.74, 6) is 2.32. The molecule has 228 valence electrons. The van der Waals surface area contributed by atoms with Crippen molar-refractivity contribution < 1.29 is 28.5 Å². The van der Waals surface area contributed by atoms with Gasteiger partial charge in [0.25, 0.3) is 0 Å². The van der Waals surface area contributed by atoms with E-state index in [2.05, 4.69) is 0 Å². The van der Waals surface area contributed by atoms with Crippen LogP contribution in [0.2, 0.25) is 0 Å². The average molecular weight is 615 g/mol. The molecule has 44 heavy (non-hydrogen) atoms. The van der Waals surface area contributed by atoms with Crippen LogP contribution in [0, 0.1) is 0 Å². The summed E-state index contributed by atoms with van der Waals surface area (Å²) in [5.41, 5.74) is 4.12. The summed E-state index contributed by atoms with van der Waals surface area (Å²) in [6, 6.07) is 23.2. The second-order valence-corrected chi connectivity index (χ2v) is 11.4. The van der Waals surface area contributed by atoms with E-state index >= 15 is 0 Å². The second kappa shape index (κ2) is 13.0. The van der Waals surface area contributed by atoms with E-state index in [0.717, 1.165) is 28.1 Å². The Labute approximate surface area is 260 Å². The van der Waals surface area contributed by atoms with Crippen molar-refractivity contribution in [3.63, 3.8) is 0 Å². The van der Waals surface area contributed by atoms with Gasteiger partial charge in [-0.1, -0.05) is 36.4 Å². The number of fused-ring (bicyclic) bond motifs is 1. The fourth-order valence-corrected chi connectivity index (χ4v) is 6.75. The van der Waals surface area contributed by atoms with E-state index in [1.165, 1.54) is 11.8 Å². The van der Waals surface area contributed by atoms with Gasteiger partial charge < -0.3 is 23.8 Å². The van der Waals surface area contributed by atoms with Crippen LogP contribution < -0.4 is 19.1 Å². The van der Waals surface area contributed by atoms with Crippen molar-refractivity contribution in [3.8, 4) is 34.2 Å². The smallest absolute Gasteiger partial charge is 0.242 e. The maximum atomic E-state index is 14.0. The Morgan fingerprint density at radius 1 is 0.932 bits per heavy atom. The van der Waals surface area contributed by atoms with E-state index in [1.54, 1.807) is 35.8 Å². The maximum Gasteiger partial charge on any atom is 0.242 e. The molecule has 0 radical (unpaired) electrons. The van der Waals surface area contributed by atoms with Gasteiger partial charge in [-0.15, -0.1) is 11.8 Å². The third-order valence-electron chi connectivity index (χ3n) is 7.82. The molecule has 0 aliphatic carbocycles. The van der Waals surface area contributed by atoms with Crippen LogP contribution in [0.1, 0.15) is 16.4 Å². The van der Waals surface area contributed by atoms with Crippen LogP contribution in [0.3, 0.4) is 0 Å². The number of hydrogen-bond donors (Lipinski definition) is 0. The van der Waals surface area contributed by atoms with Gasteiger partial charge >= 0.3 is 0 Å². The lowest BCUT2D eigenvalue weighted by molar-refractivity contribution is -0.134.